The fourth-order valence-corrected chi connectivity index (χ4v) is 2.30. The van der Waals surface area contributed by atoms with E-state index in [1.807, 2.05) is 18.2 Å². The second-order valence-electron chi connectivity index (χ2n) is 4.82. The summed E-state index contributed by atoms with van der Waals surface area (Å²) in [5.74, 6) is 3.12. The van der Waals surface area contributed by atoms with Crippen molar-refractivity contribution in [3.8, 4) is 17.2 Å². The molecule has 1 aromatic carbocycles. The molecular weight excluding hydrogens is 240 g/mol. The molecule has 0 fully saturated rings. The quantitative estimate of drug-likeness (QED) is 0.696. The van der Waals surface area contributed by atoms with Crippen LogP contribution in [0.3, 0.4) is 0 Å². The summed E-state index contributed by atoms with van der Waals surface area (Å²) >= 11 is 0. The van der Waals surface area contributed by atoms with Gasteiger partial charge in [0.15, 0.2) is 0 Å². The van der Waals surface area contributed by atoms with E-state index in [-0.39, 0.29) is 0 Å². The lowest BCUT2D eigenvalue weighted by molar-refractivity contribution is 0.354. The minimum absolute atomic E-state index is 0.313. The van der Waals surface area contributed by atoms with E-state index >= 15 is 0 Å². The molecule has 0 N–H and O–H groups in total. The Kier molecular flexibility index (Phi) is 5.74. The maximum atomic E-state index is 5.51. The van der Waals surface area contributed by atoms with Crippen molar-refractivity contribution in [2.24, 2.45) is 5.92 Å². The Labute approximate surface area is 116 Å². The lowest BCUT2D eigenvalue weighted by Crippen LogP contribution is -2.10. The van der Waals surface area contributed by atoms with Crippen LogP contribution < -0.4 is 14.2 Å². The van der Waals surface area contributed by atoms with Crippen molar-refractivity contribution in [1.29, 1.82) is 0 Å². The normalized spacial score (nSPS) is 12.1. The molecule has 1 rings (SSSR count). The van der Waals surface area contributed by atoms with Gasteiger partial charge in [0.25, 0.3) is 0 Å². The third-order valence-electron chi connectivity index (χ3n) is 3.35. The predicted octanol–water partition coefficient (Wildman–Crippen LogP) is 4.03. The van der Waals surface area contributed by atoms with Gasteiger partial charge in [-0.15, -0.1) is 6.58 Å². The van der Waals surface area contributed by atoms with Crippen molar-refractivity contribution in [2.45, 2.75) is 26.2 Å². The summed E-state index contributed by atoms with van der Waals surface area (Å²) in [5, 5.41) is 0. The molecule has 19 heavy (non-hydrogen) atoms. The number of hydrogen-bond donors (Lipinski definition) is 0. The summed E-state index contributed by atoms with van der Waals surface area (Å²) in [6.45, 7) is 8.23. The second kappa shape index (κ2) is 7.07. The van der Waals surface area contributed by atoms with Gasteiger partial charge in [-0.05, 0) is 18.3 Å². The molecule has 106 valence electrons. The molecule has 0 saturated carbocycles. The molecule has 3 heteroatoms. The van der Waals surface area contributed by atoms with Crippen molar-refractivity contribution in [3.05, 3.63) is 30.4 Å². The Balaban J connectivity index is 3.40. The number of rotatable bonds is 7. The molecule has 0 aromatic heterocycles. The summed E-state index contributed by atoms with van der Waals surface area (Å²) in [6, 6.07) is 3.80. The average molecular weight is 264 g/mol. The fraction of sp³-hybridized carbons (Fsp3) is 0.500. The minimum atomic E-state index is 0.313. The van der Waals surface area contributed by atoms with Gasteiger partial charge in [-0.25, -0.2) is 0 Å². The van der Waals surface area contributed by atoms with Gasteiger partial charge in [0, 0.05) is 17.7 Å². The third-order valence-corrected chi connectivity index (χ3v) is 3.35. The zero-order valence-corrected chi connectivity index (χ0v) is 12.5. The van der Waals surface area contributed by atoms with Crippen molar-refractivity contribution in [1.82, 2.24) is 0 Å². The van der Waals surface area contributed by atoms with Crippen molar-refractivity contribution in [2.75, 3.05) is 21.3 Å². The summed E-state index contributed by atoms with van der Waals surface area (Å²) in [5.41, 5.74) is 1.08. The van der Waals surface area contributed by atoms with E-state index < -0.39 is 0 Å². The van der Waals surface area contributed by atoms with Crippen molar-refractivity contribution < 1.29 is 14.2 Å². The van der Waals surface area contributed by atoms with E-state index in [9.17, 15) is 0 Å². The number of methoxy groups -OCH3 is 3. The predicted molar refractivity (Wildman–Crippen MR) is 78.5 cm³/mol. The van der Waals surface area contributed by atoms with E-state index in [1.54, 1.807) is 21.3 Å². The fourth-order valence-electron chi connectivity index (χ4n) is 2.30. The van der Waals surface area contributed by atoms with Crippen molar-refractivity contribution in [3.63, 3.8) is 0 Å². The Bertz CT molecular complexity index is 399. The van der Waals surface area contributed by atoms with Crippen LogP contribution in [0.5, 0.6) is 17.2 Å². The van der Waals surface area contributed by atoms with Gasteiger partial charge in [0.1, 0.15) is 17.2 Å². The van der Waals surface area contributed by atoms with Crippen LogP contribution in [0.2, 0.25) is 0 Å². The highest BCUT2D eigenvalue weighted by molar-refractivity contribution is 5.52. The molecule has 1 atom stereocenters. The lowest BCUT2D eigenvalue weighted by Gasteiger charge is -2.25. The topological polar surface area (TPSA) is 27.7 Å². The van der Waals surface area contributed by atoms with Crippen LogP contribution in [0, 0.1) is 5.92 Å². The Morgan fingerprint density at radius 3 is 1.89 bits per heavy atom. The highest BCUT2D eigenvalue weighted by Crippen LogP contribution is 2.43. The molecule has 0 spiro atoms. The molecule has 0 radical (unpaired) electrons. The van der Waals surface area contributed by atoms with Crippen LogP contribution in [0.25, 0.3) is 0 Å². The highest BCUT2D eigenvalue weighted by Gasteiger charge is 2.24. The SMILES string of the molecule is C=CCC(c1c(OC)cc(OC)cc1OC)C(C)C. The summed E-state index contributed by atoms with van der Waals surface area (Å²) in [6.07, 6.45) is 2.82. The summed E-state index contributed by atoms with van der Waals surface area (Å²) in [7, 11) is 4.98. The summed E-state index contributed by atoms with van der Waals surface area (Å²) < 4.78 is 16.3. The van der Waals surface area contributed by atoms with Crippen LogP contribution in [0.4, 0.5) is 0 Å². The maximum absolute atomic E-state index is 5.51. The average Bonchev–Trinajstić information content (AvgIpc) is 2.43. The number of hydrogen-bond acceptors (Lipinski definition) is 3. The first kappa shape index (κ1) is 15.4. The minimum Gasteiger partial charge on any atom is -0.496 e. The van der Waals surface area contributed by atoms with Crippen LogP contribution in [0.15, 0.2) is 24.8 Å². The molecule has 0 aliphatic carbocycles. The third kappa shape index (κ3) is 3.43. The van der Waals surface area contributed by atoms with Crippen LogP contribution in [-0.4, -0.2) is 21.3 Å². The number of allylic oxidation sites excluding steroid dienone is 1. The number of ether oxygens (including phenoxy) is 3. The van der Waals surface area contributed by atoms with Gasteiger partial charge >= 0.3 is 0 Å². The Morgan fingerprint density at radius 1 is 1.05 bits per heavy atom. The molecule has 0 bridgehead atoms. The van der Waals surface area contributed by atoms with Crippen LogP contribution >= 0.6 is 0 Å². The maximum Gasteiger partial charge on any atom is 0.129 e. The van der Waals surface area contributed by atoms with E-state index in [4.69, 9.17) is 14.2 Å². The lowest BCUT2D eigenvalue weighted by atomic mass is 9.84. The molecule has 0 saturated heterocycles. The molecule has 1 aromatic rings. The monoisotopic (exact) mass is 264 g/mol. The van der Waals surface area contributed by atoms with E-state index in [0.717, 1.165) is 29.2 Å². The van der Waals surface area contributed by atoms with Gasteiger partial charge in [-0.1, -0.05) is 19.9 Å². The van der Waals surface area contributed by atoms with Gasteiger partial charge in [0.2, 0.25) is 0 Å². The van der Waals surface area contributed by atoms with Gasteiger partial charge in [-0.3, -0.25) is 0 Å². The second-order valence-corrected chi connectivity index (χ2v) is 4.82. The number of benzene rings is 1. The molecule has 0 heterocycles. The molecule has 0 aliphatic heterocycles. The van der Waals surface area contributed by atoms with Crippen molar-refractivity contribution >= 4 is 0 Å². The highest BCUT2D eigenvalue weighted by atomic mass is 16.5. The van der Waals surface area contributed by atoms with Gasteiger partial charge in [0.05, 0.1) is 21.3 Å². The van der Waals surface area contributed by atoms with Crippen LogP contribution in [-0.2, 0) is 0 Å². The van der Waals surface area contributed by atoms with Crippen LogP contribution in [0.1, 0.15) is 31.7 Å². The largest absolute Gasteiger partial charge is 0.496 e. The zero-order valence-electron chi connectivity index (χ0n) is 12.5. The molecular formula is C16H24O3. The standard InChI is InChI=1S/C16H24O3/c1-7-8-13(11(2)3)16-14(18-5)9-12(17-4)10-15(16)19-6/h7,9-11,13H,1,8H2,2-6H3. The Hall–Kier alpha value is -1.64. The molecule has 1 unspecified atom stereocenters. The van der Waals surface area contributed by atoms with Gasteiger partial charge < -0.3 is 14.2 Å². The van der Waals surface area contributed by atoms with E-state index in [2.05, 4.69) is 20.4 Å². The zero-order chi connectivity index (χ0) is 14.4. The molecule has 3 nitrogen and oxygen atoms in total. The first-order valence-electron chi connectivity index (χ1n) is 6.49. The first-order chi connectivity index (χ1) is 9.08. The van der Waals surface area contributed by atoms with Gasteiger partial charge in [-0.2, -0.15) is 0 Å². The smallest absolute Gasteiger partial charge is 0.129 e. The first-order valence-corrected chi connectivity index (χ1v) is 6.49. The molecule has 0 aliphatic rings. The van der Waals surface area contributed by atoms with E-state index in [1.165, 1.54) is 0 Å². The molecule has 0 amide bonds. The van der Waals surface area contributed by atoms with E-state index in [0.29, 0.717) is 11.8 Å². The Morgan fingerprint density at radius 2 is 1.58 bits per heavy atom. The summed E-state index contributed by atoms with van der Waals surface area (Å²) in [4.78, 5) is 0.